The van der Waals surface area contributed by atoms with Gasteiger partial charge < -0.3 is 20.0 Å². The van der Waals surface area contributed by atoms with Gasteiger partial charge in [-0.1, -0.05) is 6.08 Å². The predicted molar refractivity (Wildman–Crippen MR) is 108 cm³/mol. The number of hydrogen-bond acceptors (Lipinski definition) is 5. The molecule has 34 heavy (non-hydrogen) atoms. The summed E-state index contributed by atoms with van der Waals surface area (Å²) in [7, 11) is 2.12. The minimum absolute atomic E-state index is 0.235. The predicted octanol–water partition coefficient (Wildman–Crippen LogP) is 2.46. The second kappa shape index (κ2) is 11.9. The first kappa shape index (κ1) is 29.7. The Morgan fingerprint density at radius 3 is 1.79 bits per heavy atom. The molecule has 1 saturated carbocycles. The monoisotopic (exact) mass is 505 g/mol. The highest BCUT2D eigenvalue weighted by Crippen LogP contribution is 2.35. The number of carbonyl (C=O) groups is 3. The minimum Gasteiger partial charge on any atom is -0.475 e. The summed E-state index contributed by atoms with van der Waals surface area (Å²) in [5, 5.41) is 14.2. The SMILES string of the molecule is C=CCN1CCN(C)C2(CCN(CC3CC3)CC2)C1=O.O=C(O)C(F)(F)F.O=C(O)C(F)(F)F. The Morgan fingerprint density at radius 2 is 1.44 bits per heavy atom. The summed E-state index contributed by atoms with van der Waals surface area (Å²) in [6, 6.07) is 0. The number of likely N-dealkylation sites (tertiary alicyclic amines) is 1. The zero-order valence-corrected chi connectivity index (χ0v) is 18.7. The van der Waals surface area contributed by atoms with E-state index in [1.165, 1.54) is 19.4 Å². The quantitative estimate of drug-likeness (QED) is 0.447. The molecule has 0 aromatic heterocycles. The van der Waals surface area contributed by atoms with Crippen LogP contribution in [0.15, 0.2) is 12.7 Å². The van der Waals surface area contributed by atoms with Crippen molar-refractivity contribution < 1.29 is 50.9 Å². The number of rotatable bonds is 4. The average molecular weight is 505 g/mol. The van der Waals surface area contributed by atoms with Gasteiger partial charge in [0.2, 0.25) is 5.91 Å². The van der Waals surface area contributed by atoms with Crippen LogP contribution >= 0.6 is 0 Å². The lowest BCUT2D eigenvalue weighted by atomic mass is 9.82. The van der Waals surface area contributed by atoms with Crippen LogP contribution in [0.5, 0.6) is 0 Å². The van der Waals surface area contributed by atoms with E-state index in [2.05, 4.69) is 23.4 Å². The molecule has 0 aromatic carbocycles. The van der Waals surface area contributed by atoms with E-state index in [0.717, 1.165) is 44.9 Å². The van der Waals surface area contributed by atoms with E-state index in [0.29, 0.717) is 12.5 Å². The third-order valence-corrected chi connectivity index (χ3v) is 5.85. The van der Waals surface area contributed by atoms with Gasteiger partial charge in [0.05, 0.1) is 0 Å². The number of carboxylic acids is 2. The first-order valence-electron chi connectivity index (χ1n) is 10.5. The van der Waals surface area contributed by atoms with E-state index in [1.54, 1.807) is 0 Å². The number of piperidine rings is 1. The molecule has 1 aliphatic carbocycles. The van der Waals surface area contributed by atoms with Gasteiger partial charge in [-0.25, -0.2) is 9.59 Å². The molecular formula is C20H29F6N3O5. The summed E-state index contributed by atoms with van der Waals surface area (Å²) in [5.41, 5.74) is -0.235. The maximum absolute atomic E-state index is 12.9. The van der Waals surface area contributed by atoms with Crippen LogP contribution in [0.4, 0.5) is 26.3 Å². The third kappa shape index (κ3) is 8.78. The van der Waals surface area contributed by atoms with E-state index in [9.17, 15) is 31.1 Å². The van der Waals surface area contributed by atoms with Crippen molar-refractivity contribution in [1.82, 2.24) is 14.7 Å². The first-order valence-corrected chi connectivity index (χ1v) is 10.5. The molecule has 0 aromatic rings. The molecule has 8 nitrogen and oxygen atoms in total. The lowest BCUT2D eigenvalue weighted by Gasteiger charge is -2.51. The molecule has 2 saturated heterocycles. The smallest absolute Gasteiger partial charge is 0.475 e. The Labute approximate surface area is 192 Å². The normalized spacial score (nSPS) is 21.1. The topological polar surface area (TPSA) is 101 Å². The Kier molecular flexibility index (Phi) is 10.4. The highest BCUT2D eigenvalue weighted by atomic mass is 19.4. The molecule has 2 N–H and O–H groups in total. The molecule has 14 heteroatoms. The maximum Gasteiger partial charge on any atom is 0.490 e. The number of alkyl halides is 6. The van der Waals surface area contributed by atoms with Gasteiger partial charge in [0.25, 0.3) is 0 Å². The molecule has 3 fully saturated rings. The number of likely N-dealkylation sites (N-methyl/N-ethyl adjacent to an activating group) is 1. The highest BCUT2D eigenvalue weighted by molar-refractivity contribution is 5.87. The van der Waals surface area contributed by atoms with Gasteiger partial charge in [-0.05, 0) is 38.6 Å². The zero-order valence-electron chi connectivity index (χ0n) is 18.7. The number of amides is 1. The summed E-state index contributed by atoms with van der Waals surface area (Å²) in [4.78, 5) is 37.5. The van der Waals surface area contributed by atoms with E-state index >= 15 is 0 Å². The number of carbonyl (C=O) groups excluding carboxylic acids is 1. The number of nitrogens with zero attached hydrogens (tertiary/aromatic N) is 3. The van der Waals surface area contributed by atoms with Crippen LogP contribution < -0.4 is 0 Å². The highest BCUT2D eigenvalue weighted by Gasteiger charge is 2.49. The van der Waals surface area contributed by atoms with Crippen LogP contribution in [0.1, 0.15) is 25.7 Å². The lowest BCUT2D eigenvalue weighted by molar-refractivity contribution is -0.193. The number of hydrogen-bond donors (Lipinski definition) is 2. The van der Waals surface area contributed by atoms with Gasteiger partial charge in [-0.3, -0.25) is 9.69 Å². The van der Waals surface area contributed by atoms with Crippen molar-refractivity contribution in [3.8, 4) is 0 Å². The second-order valence-corrected chi connectivity index (χ2v) is 8.34. The molecular weight excluding hydrogens is 476 g/mol. The van der Waals surface area contributed by atoms with Gasteiger partial charge in [0, 0.05) is 39.3 Å². The van der Waals surface area contributed by atoms with Crippen LogP contribution in [0.25, 0.3) is 0 Å². The standard InChI is InChI=1S/C16H27N3O.2C2HF3O2/c1-3-8-19-12-11-17(2)16(15(19)20)6-9-18(10-7-16)13-14-4-5-14;2*3-2(4,5)1(6)7/h3,14H,1,4-13H2,2H3;2*(H,6,7). The molecule has 3 rings (SSSR count). The molecule has 3 aliphatic rings. The molecule has 1 amide bonds. The van der Waals surface area contributed by atoms with Crippen molar-refractivity contribution in [3.05, 3.63) is 12.7 Å². The summed E-state index contributed by atoms with van der Waals surface area (Å²) in [6.45, 7) is 9.71. The van der Waals surface area contributed by atoms with Crippen LogP contribution in [0.3, 0.4) is 0 Å². The van der Waals surface area contributed by atoms with Crippen molar-refractivity contribution in [2.75, 3.05) is 46.3 Å². The number of carboxylic acid groups (broad SMARTS) is 2. The van der Waals surface area contributed by atoms with Crippen LogP contribution in [0.2, 0.25) is 0 Å². The minimum atomic E-state index is -5.08. The molecule has 0 radical (unpaired) electrons. The fraction of sp³-hybridized carbons (Fsp3) is 0.750. The van der Waals surface area contributed by atoms with E-state index in [4.69, 9.17) is 19.8 Å². The second-order valence-electron chi connectivity index (χ2n) is 8.34. The number of aliphatic carboxylic acids is 2. The molecule has 196 valence electrons. The van der Waals surface area contributed by atoms with E-state index in [-0.39, 0.29) is 5.54 Å². The van der Waals surface area contributed by atoms with Crippen LogP contribution in [-0.2, 0) is 14.4 Å². The molecule has 1 spiro atoms. The third-order valence-electron chi connectivity index (χ3n) is 5.85. The summed E-state index contributed by atoms with van der Waals surface area (Å²) >= 11 is 0. The fourth-order valence-corrected chi connectivity index (χ4v) is 3.74. The summed E-state index contributed by atoms with van der Waals surface area (Å²) in [6.07, 6.45) is -3.52. The van der Waals surface area contributed by atoms with Gasteiger partial charge >= 0.3 is 24.3 Å². The first-order chi connectivity index (χ1) is 15.5. The lowest BCUT2D eigenvalue weighted by Crippen LogP contribution is -2.67. The number of piperazine rings is 1. The van der Waals surface area contributed by atoms with Crippen molar-refractivity contribution in [2.45, 2.75) is 43.6 Å². The fourth-order valence-electron chi connectivity index (χ4n) is 3.74. The van der Waals surface area contributed by atoms with Gasteiger partial charge in [0.1, 0.15) is 5.54 Å². The molecule has 0 bridgehead atoms. The summed E-state index contributed by atoms with van der Waals surface area (Å²) in [5.74, 6) is -4.24. The molecule has 0 unspecified atom stereocenters. The Bertz CT molecular complexity index is 707. The van der Waals surface area contributed by atoms with Crippen molar-refractivity contribution in [1.29, 1.82) is 0 Å². The Morgan fingerprint density at radius 1 is 1.00 bits per heavy atom. The van der Waals surface area contributed by atoms with Crippen LogP contribution in [-0.4, -0.2) is 107 Å². The van der Waals surface area contributed by atoms with Gasteiger partial charge in [0.15, 0.2) is 0 Å². The van der Waals surface area contributed by atoms with Gasteiger partial charge in [-0.15, -0.1) is 6.58 Å². The average Bonchev–Trinajstić information content (AvgIpc) is 3.53. The molecule has 2 aliphatic heterocycles. The van der Waals surface area contributed by atoms with Crippen molar-refractivity contribution >= 4 is 17.8 Å². The maximum atomic E-state index is 12.9. The Balaban J connectivity index is 0.000000343. The summed E-state index contributed by atoms with van der Waals surface area (Å²) < 4.78 is 63.5. The van der Waals surface area contributed by atoms with Crippen LogP contribution in [0, 0.1) is 5.92 Å². The van der Waals surface area contributed by atoms with Crippen molar-refractivity contribution in [3.63, 3.8) is 0 Å². The van der Waals surface area contributed by atoms with Crippen molar-refractivity contribution in [2.24, 2.45) is 5.92 Å². The van der Waals surface area contributed by atoms with E-state index < -0.39 is 24.3 Å². The van der Waals surface area contributed by atoms with E-state index in [1.807, 2.05) is 11.0 Å². The molecule has 0 atom stereocenters. The Hall–Kier alpha value is -2.35. The zero-order chi connectivity index (χ0) is 26.3. The largest absolute Gasteiger partial charge is 0.490 e. The number of halogens is 6. The molecule has 2 heterocycles. The van der Waals surface area contributed by atoms with Gasteiger partial charge in [-0.2, -0.15) is 26.3 Å².